The second kappa shape index (κ2) is 12.0. The van der Waals surface area contributed by atoms with Gasteiger partial charge in [0, 0.05) is 18.2 Å². The number of aromatic amines is 1. The highest BCUT2D eigenvalue weighted by Crippen LogP contribution is 2.71. The number of nitrogens with one attached hydrogen (secondary N) is 1. The predicted octanol–water partition coefficient (Wildman–Crippen LogP) is 2.25. The molecular formula is C17H24N2O16P4. The first-order valence-corrected chi connectivity index (χ1v) is 16.7. The van der Waals surface area contributed by atoms with Gasteiger partial charge < -0.3 is 23.9 Å². The number of phosphoric ester groups is 2. The van der Waals surface area contributed by atoms with Gasteiger partial charge in [0.2, 0.25) is 0 Å². The molecule has 1 aliphatic rings. The van der Waals surface area contributed by atoms with Gasteiger partial charge in [0.15, 0.2) is 0 Å². The van der Waals surface area contributed by atoms with E-state index < -0.39 is 67.4 Å². The van der Waals surface area contributed by atoms with Crippen LogP contribution in [0.4, 0.5) is 0 Å². The fraction of sp³-hybridized carbons (Fsp3) is 0.412. The third-order valence-electron chi connectivity index (χ3n) is 5.29. The van der Waals surface area contributed by atoms with Crippen LogP contribution >= 0.6 is 31.3 Å². The van der Waals surface area contributed by atoms with Crippen molar-refractivity contribution >= 4 is 31.3 Å². The van der Waals surface area contributed by atoms with Crippen molar-refractivity contribution in [2.24, 2.45) is 11.8 Å². The van der Waals surface area contributed by atoms with Gasteiger partial charge in [0.25, 0.3) is 5.56 Å². The van der Waals surface area contributed by atoms with Crippen LogP contribution in [-0.2, 0) is 40.5 Å². The van der Waals surface area contributed by atoms with Crippen LogP contribution in [0.1, 0.15) is 20.1 Å². The van der Waals surface area contributed by atoms with E-state index in [0.717, 1.165) is 10.6 Å². The second-order valence-electron chi connectivity index (χ2n) is 8.12. The zero-order valence-corrected chi connectivity index (χ0v) is 23.6. The van der Waals surface area contributed by atoms with Crippen LogP contribution in [-0.4, -0.2) is 41.8 Å². The van der Waals surface area contributed by atoms with E-state index in [1.54, 1.807) is 13.8 Å². The Morgan fingerprint density at radius 1 is 0.846 bits per heavy atom. The molecule has 1 fully saturated rings. The molecule has 22 heteroatoms. The average Bonchev–Trinajstić information content (AvgIpc) is 3.04. The van der Waals surface area contributed by atoms with Gasteiger partial charge in [-0.1, -0.05) is 32.0 Å². The Balaban J connectivity index is 1.59. The summed E-state index contributed by atoms with van der Waals surface area (Å²) >= 11 is 0. The number of benzene rings is 1. The number of hydrogen-bond donors (Lipinski definition) is 5. The molecule has 2 heterocycles. The molecule has 0 bridgehead atoms. The van der Waals surface area contributed by atoms with E-state index in [1.165, 1.54) is 36.5 Å². The predicted molar refractivity (Wildman–Crippen MR) is 129 cm³/mol. The summed E-state index contributed by atoms with van der Waals surface area (Å²) in [5.41, 5.74) is -1.40. The maximum atomic E-state index is 12.2. The summed E-state index contributed by atoms with van der Waals surface area (Å²) in [5, 5.41) is 0. The van der Waals surface area contributed by atoms with E-state index in [4.69, 9.17) is 4.74 Å². The second-order valence-corrected chi connectivity index (χ2v) is 14.3. The summed E-state index contributed by atoms with van der Waals surface area (Å²) in [6, 6.07) is 7.77. The molecule has 5 N–H and O–H groups in total. The first-order chi connectivity index (χ1) is 17.9. The molecule has 3 rings (SSSR count). The zero-order chi connectivity index (χ0) is 29.2. The number of nitrogens with zero attached hydrogens (tertiary/aromatic N) is 1. The van der Waals surface area contributed by atoms with Crippen LogP contribution < -0.4 is 15.8 Å². The normalized spacial score (nSPS) is 27.5. The Bertz CT molecular complexity index is 1480. The van der Waals surface area contributed by atoms with Gasteiger partial charge >= 0.3 is 37.0 Å². The molecule has 0 spiro atoms. The fourth-order valence-electron chi connectivity index (χ4n) is 3.41. The largest absolute Gasteiger partial charge is 0.536 e. The molecule has 1 aliphatic heterocycles. The summed E-state index contributed by atoms with van der Waals surface area (Å²) in [7, 11) is -22.8. The summed E-state index contributed by atoms with van der Waals surface area (Å²) in [6.07, 6.45) is -0.674. The van der Waals surface area contributed by atoms with Crippen molar-refractivity contribution in [3.05, 3.63) is 63.4 Å². The van der Waals surface area contributed by atoms with Crippen LogP contribution in [0.5, 0.6) is 5.75 Å². The highest BCUT2D eigenvalue weighted by Gasteiger charge is 2.47. The molecule has 1 aromatic heterocycles. The first kappa shape index (κ1) is 31.8. The molecule has 2 aromatic rings. The highest BCUT2D eigenvalue weighted by atomic mass is 31.3. The molecule has 39 heavy (non-hydrogen) atoms. The molecule has 1 aromatic carbocycles. The minimum absolute atomic E-state index is 0.273. The van der Waals surface area contributed by atoms with E-state index in [0.29, 0.717) is 0 Å². The number of rotatable bonds is 12. The Morgan fingerprint density at radius 2 is 1.41 bits per heavy atom. The number of para-hydroxylation sites is 1. The Kier molecular flexibility index (Phi) is 9.79. The Labute approximate surface area is 219 Å². The lowest BCUT2D eigenvalue weighted by Gasteiger charge is -2.21. The Hall–Kier alpha value is -1.74. The molecular weight excluding hydrogens is 612 g/mol. The maximum absolute atomic E-state index is 12.2. The lowest BCUT2D eigenvalue weighted by atomic mass is 9.93. The van der Waals surface area contributed by atoms with Crippen molar-refractivity contribution in [3.8, 4) is 5.75 Å². The molecule has 18 nitrogen and oxygen atoms in total. The molecule has 1 saturated heterocycles. The number of ether oxygens (including phenoxy) is 1. The maximum Gasteiger partial charge on any atom is 0.536 e. The van der Waals surface area contributed by atoms with E-state index in [2.05, 4.69) is 27.0 Å². The third kappa shape index (κ3) is 9.13. The van der Waals surface area contributed by atoms with Crippen LogP contribution in [0.25, 0.3) is 0 Å². The lowest BCUT2D eigenvalue weighted by Crippen LogP contribution is -2.33. The molecule has 0 aliphatic carbocycles. The van der Waals surface area contributed by atoms with E-state index in [9.17, 15) is 47.4 Å². The van der Waals surface area contributed by atoms with E-state index in [-0.39, 0.29) is 11.7 Å². The van der Waals surface area contributed by atoms with Crippen molar-refractivity contribution in [1.82, 2.24) is 9.55 Å². The smallest absolute Gasteiger partial charge is 0.404 e. The SMILES string of the molecule is CC1C(COP(=O)(O)OP(=O)(O)OP(=O)(O)OP(=O)(O)Oc2ccccc2)OC(n2ccc(=O)[nH]c2=O)C1C. The van der Waals surface area contributed by atoms with Crippen molar-refractivity contribution in [2.75, 3.05) is 6.61 Å². The number of phosphoric acid groups is 4. The van der Waals surface area contributed by atoms with Crippen molar-refractivity contribution in [1.29, 1.82) is 0 Å². The number of aromatic nitrogens is 2. The van der Waals surface area contributed by atoms with Crippen molar-refractivity contribution in [2.45, 2.75) is 26.2 Å². The summed E-state index contributed by atoms with van der Waals surface area (Å²) in [6.45, 7) is 2.62. The third-order valence-corrected chi connectivity index (χ3v) is 11.2. The van der Waals surface area contributed by atoms with Gasteiger partial charge in [-0.15, -0.1) is 0 Å². The fourth-order valence-corrected chi connectivity index (χ4v) is 8.36. The topological polar surface area (TPSA) is 259 Å². The zero-order valence-electron chi connectivity index (χ0n) is 20.0. The van der Waals surface area contributed by atoms with Gasteiger partial charge in [-0.05, 0) is 18.1 Å². The highest BCUT2D eigenvalue weighted by molar-refractivity contribution is 7.69. The lowest BCUT2D eigenvalue weighted by molar-refractivity contribution is -0.0370. The van der Waals surface area contributed by atoms with Gasteiger partial charge in [-0.25, -0.2) is 23.1 Å². The molecule has 0 radical (unpaired) electrons. The summed E-state index contributed by atoms with van der Waals surface area (Å²) in [4.78, 5) is 64.2. The van der Waals surface area contributed by atoms with Gasteiger partial charge in [0.05, 0.1) is 12.7 Å². The Morgan fingerprint density at radius 3 is 2.00 bits per heavy atom. The number of H-pyrrole nitrogens is 1. The molecule has 8 unspecified atom stereocenters. The van der Waals surface area contributed by atoms with Crippen molar-refractivity contribution in [3.63, 3.8) is 0 Å². The first-order valence-electron chi connectivity index (χ1n) is 10.7. The van der Waals surface area contributed by atoms with Crippen LogP contribution in [0.15, 0.2) is 52.2 Å². The molecule has 0 amide bonds. The monoisotopic (exact) mass is 636 g/mol. The summed E-state index contributed by atoms with van der Waals surface area (Å²) < 4.78 is 75.9. The quantitative estimate of drug-likeness (QED) is 0.209. The van der Waals surface area contributed by atoms with Crippen LogP contribution in [0.3, 0.4) is 0 Å². The average molecular weight is 636 g/mol. The number of hydrogen-bond acceptors (Lipinski definition) is 12. The van der Waals surface area contributed by atoms with E-state index >= 15 is 0 Å². The van der Waals surface area contributed by atoms with Gasteiger partial charge in [-0.2, -0.15) is 12.9 Å². The van der Waals surface area contributed by atoms with Gasteiger partial charge in [-0.3, -0.25) is 23.8 Å². The summed E-state index contributed by atoms with van der Waals surface area (Å²) in [5.74, 6) is -1.07. The molecule has 218 valence electrons. The van der Waals surface area contributed by atoms with Gasteiger partial charge in [0.1, 0.15) is 12.0 Å². The minimum Gasteiger partial charge on any atom is -0.404 e. The standard InChI is InChI=1S/C17H24N2O16P4/c1-11-12(2)16(19-9-8-15(20)18-17(19)21)31-14(11)10-30-36(22,23)33-38(26,27)35-39(28,29)34-37(24,25)32-13-6-4-3-5-7-13/h3-9,11-12,14,16H,10H2,1-2H3,(H,22,23)(H,24,25)(H,26,27)(H,28,29)(H,18,20,21). The van der Waals surface area contributed by atoms with Crippen molar-refractivity contribution < 1.29 is 64.6 Å². The van der Waals surface area contributed by atoms with Crippen LogP contribution in [0, 0.1) is 11.8 Å². The molecule has 8 atom stereocenters. The van der Waals surface area contributed by atoms with E-state index in [1.807, 2.05) is 0 Å². The van der Waals surface area contributed by atoms with Crippen LogP contribution in [0.2, 0.25) is 0 Å². The molecule has 0 saturated carbocycles. The minimum atomic E-state index is -5.95.